The third-order valence-electron chi connectivity index (χ3n) is 3.46. The summed E-state index contributed by atoms with van der Waals surface area (Å²) in [5.74, 6) is 3.00. The van der Waals surface area contributed by atoms with Crippen LogP contribution in [0.15, 0.2) is 60.7 Å². The summed E-state index contributed by atoms with van der Waals surface area (Å²) in [6.07, 6.45) is 6.68. The maximum atomic E-state index is 5.91. The Labute approximate surface area is 115 Å². The minimum Gasteiger partial charge on any atom is -0.385 e. The molecule has 2 aromatic rings. The molecule has 0 N–H and O–H groups in total. The molecule has 0 saturated carbocycles. The van der Waals surface area contributed by atoms with Gasteiger partial charge in [0.05, 0.1) is 5.41 Å². The van der Waals surface area contributed by atoms with Gasteiger partial charge in [0.2, 0.25) is 0 Å². The Morgan fingerprint density at radius 3 is 1.79 bits per heavy atom. The zero-order valence-corrected chi connectivity index (χ0v) is 11.2. The van der Waals surface area contributed by atoms with Crippen molar-refractivity contribution < 1.29 is 4.74 Å². The second-order valence-corrected chi connectivity index (χ2v) is 4.52. The van der Waals surface area contributed by atoms with E-state index in [-0.39, 0.29) is 0 Å². The van der Waals surface area contributed by atoms with Crippen molar-refractivity contribution in [3.8, 4) is 12.3 Å². The van der Waals surface area contributed by atoms with E-state index < -0.39 is 5.41 Å². The topological polar surface area (TPSA) is 9.23 Å². The van der Waals surface area contributed by atoms with E-state index in [1.165, 1.54) is 0 Å². The number of methoxy groups -OCH3 is 1. The molecule has 2 rings (SSSR count). The van der Waals surface area contributed by atoms with Gasteiger partial charge in [0.25, 0.3) is 0 Å². The van der Waals surface area contributed by atoms with Crippen LogP contribution in [0.2, 0.25) is 0 Å². The Hall–Kier alpha value is -2.04. The first kappa shape index (κ1) is 13.4. The number of terminal acetylenes is 1. The minimum absolute atomic E-state index is 0.418. The molecular weight excluding hydrogens is 232 g/mol. The van der Waals surface area contributed by atoms with Crippen molar-refractivity contribution in [2.45, 2.75) is 11.8 Å². The fourth-order valence-corrected chi connectivity index (χ4v) is 2.39. The number of hydrogen-bond acceptors (Lipinski definition) is 1. The van der Waals surface area contributed by atoms with Crippen LogP contribution in [0, 0.1) is 12.3 Å². The lowest BCUT2D eigenvalue weighted by Gasteiger charge is -2.29. The zero-order valence-electron chi connectivity index (χ0n) is 11.2. The number of hydrogen-bond donors (Lipinski definition) is 0. The maximum absolute atomic E-state index is 5.91. The molecule has 96 valence electrons. The number of benzene rings is 2. The van der Waals surface area contributed by atoms with Gasteiger partial charge in [0.1, 0.15) is 0 Å². The molecule has 1 heteroatoms. The Bertz CT molecular complexity index is 497. The zero-order chi connectivity index (χ0) is 13.6. The molecular formula is C18H18O. The summed E-state index contributed by atoms with van der Waals surface area (Å²) < 4.78 is 5.25. The van der Waals surface area contributed by atoms with Crippen molar-refractivity contribution in [2.24, 2.45) is 0 Å². The first-order valence-corrected chi connectivity index (χ1v) is 6.41. The molecule has 0 aliphatic carbocycles. The van der Waals surface area contributed by atoms with Gasteiger partial charge >= 0.3 is 0 Å². The van der Waals surface area contributed by atoms with Gasteiger partial charge in [-0.25, -0.2) is 0 Å². The average Bonchev–Trinajstić information content (AvgIpc) is 2.51. The molecule has 0 radical (unpaired) electrons. The fourth-order valence-electron chi connectivity index (χ4n) is 2.39. The smallest absolute Gasteiger partial charge is 0.0831 e. The second-order valence-electron chi connectivity index (χ2n) is 4.52. The largest absolute Gasteiger partial charge is 0.385 e. The van der Waals surface area contributed by atoms with E-state index in [2.05, 4.69) is 30.2 Å². The fraction of sp³-hybridized carbons (Fsp3) is 0.222. The molecule has 0 amide bonds. The van der Waals surface area contributed by atoms with Crippen molar-refractivity contribution in [3.05, 3.63) is 71.8 Å². The molecule has 0 spiro atoms. The van der Waals surface area contributed by atoms with Crippen molar-refractivity contribution in [3.63, 3.8) is 0 Å². The molecule has 0 aliphatic heterocycles. The summed E-state index contributed by atoms with van der Waals surface area (Å²) >= 11 is 0. The van der Waals surface area contributed by atoms with Crippen LogP contribution in [-0.4, -0.2) is 13.7 Å². The first-order chi connectivity index (χ1) is 9.33. The lowest BCUT2D eigenvalue weighted by molar-refractivity contribution is 0.184. The van der Waals surface area contributed by atoms with Crippen LogP contribution in [0.4, 0.5) is 0 Å². The van der Waals surface area contributed by atoms with Crippen LogP contribution in [0.3, 0.4) is 0 Å². The van der Waals surface area contributed by atoms with Gasteiger partial charge in [-0.15, -0.1) is 6.42 Å². The Morgan fingerprint density at radius 1 is 0.947 bits per heavy atom. The molecule has 19 heavy (non-hydrogen) atoms. The van der Waals surface area contributed by atoms with Gasteiger partial charge in [0, 0.05) is 13.7 Å². The van der Waals surface area contributed by atoms with Crippen LogP contribution < -0.4 is 0 Å². The van der Waals surface area contributed by atoms with Crippen molar-refractivity contribution in [2.75, 3.05) is 13.7 Å². The Balaban J connectivity index is 2.53. The van der Waals surface area contributed by atoms with E-state index in [0.717, 1.165) is 17.5 Å². The highest BCUT2D eigenvalue weighted by atomic mass is 16.5. The number of rotatable bonds is 5. The predicted octanol–water partition coefficient (Wildman–Crippen LogP) is 3.64. The van der Waals surface area contributed by atoms with Gasteiger partial charge < -0.3 is 4.74 Å². The van der Waals surface area contributed by atoms with Gasteiger partial charge in [-0.1, -0.05) is 66.6 Å². The van der Waals surface area contributed by atoms with Gasteiger partial charge in [-0.2, -0.15) is 0 Å². The van der Waals surface area contributed by atoms with E-state index in [4.69, 9.17) is 11.2 Å². The molecule has 2 aromatic carbocycles. The van der Waals surface area contributed by atoms with E-state index in [1.54, 1.807) is 7.11 Å². The van der Waals surface area contributed by atoms with Crippen LogP contribution >= 0.6 is 0 Å². The summed E-state index contributed by atoms with van der Waals surface area (Å²) in [7, 11) is 1.71. The minimum atomic E-state index is -0.418. The van der Waals surface area contributed by atoms with E-state index in [9.17, 15) is 0 Å². The highest BCUT2D eigenvalue weighted by Crippen LogP contribution is 2.35. The number of ether oxygens (including phenoxy) is 1. The summed E-state index contributed by atoms with van der Waals surface area (Å²) in [4.78, 5) is 0. The van der Waals surface area contributed by atoms with Gasteiger partial charge in [-0.3, -0.25) is 0 Å². The van der Waals surface area contributed by atoms with E-state index in [0.29, 0.717) is 6.61 Å². The van der Waals surface area contributed by atoms with Crippen LogP contribution in [0.1, 0.15) is 17.5 Å². The normalized spacial score (nSPS) is 10.9. The van der Waals surface area contributed by atoms with Crippen LogP contribution in [-0.2, 0) is 10.2 Å². The Kier molecular flexibility index (Phi) is 4.39. The molecule has 0 unspecified atom stereocenters. The molecule has 1 nitrogen and oxygen atoms in total. The molecule has 0 heterocycles. The quantitative estimate of drug-likeness (QED) is 0.736. The monoisotopic (exact) mass is 250 g/mol. The van der Waals surface area contributed by atoms with Crippen LogP contribution in [0.25, 0.3) is 0 Å². The summed E-state index contributed by atoms with van der Waals surface area (Å²) in [6, 6.07) is 20.5. The van der Waals surface area contributed by atoms with Crippen molar-refractivity contribution in [1.29, 1.82) is 0 Å². The molecule has 0 aliphatic rings. The van der Waals surface area contributed by atoms with E-state index >= 15 is 0 Å². The lowest BCUT2D eigenvalue weighted by atomic mass is 9.73. The SMILES string of the molecule is C#CC(CCOC)(c1ccccc1)c1ccccc1. The first-order valence-electron chi connectivity index (χ1n) is 6.41. The molecule has 0 fully saturated rings. The lowest BCUT2D eigenvalue weighted by Crippen LogP contribution is -2.27. The highest BCUT2D eigenvalue weighted by molar-refractivity contribution is 5.47. The predicted molar refractivity (Wildman–Crippen MR) is 79.0 cm³/mol. The molecule has 0 bridgehead atoms. The van der Waals surface area contributed by atoms with Crippen LogP contribution in [0.5, 0.6) is 0 Å². The van der Waals surface area contributed by atoms with Crippen molar-refractivity contribution >= 4 is 0 Å². The third-order valence-corrected chi connectivity index (χ3v) is 3.46. The summed E-state index contributed by atoms with van der Waals surface area (Å²) in [6.45, 7) is 0.633. The Morgan fingerprint density at radius 2 is 1.42 bits per heavy atom. The molecule has 0 aromatic heterocycles. The second kappa shape index (κ2) is 6.22. The summed E-state index contributed by atoms with van der Waals surface area (Å²) in [5.41, 5.74) is 1.86. The highest BCUT2D eigenvalue weighted by Gasteiger charge is 2.31. The standard InChI is InChI=1S/C18H18O/c1-3-18(14-15-19-2,16-10-6-4-7-11-16)17-12-8-5-9-13-17/h1,4-13H,14-15H2,2H3. The van der Waals surface area contributed by atoms with Gasteiger partial charge in [-0.05, 0) is 17.5 Å². The van der Waals surface area contributed by atoms with E-state index in [1.807, 2.05) is 36.4 Å². The van der Waals surface area contributed by atoms with Crippen molar-refractivity contribution in [1.82, 2.24) is 0 Å². The average molecular weight is 250 g/mol. The maximum Gasteiger partial charge on any atom is 0.0831 e. The molecule has 0 saturated heterocycles. The molecule has 0 atom stereocenters. The van der Waals surface area contributed by atoms with Gasteiger partial charge in [0.15, 0.2) is 0 Å². The summed E-state index contributed by atoms with van der Waals surface area (Å²) in [5, 5.41) is 0. The third kappa shape index (κ3) is 2.70.